The molecule has 0 fully saturated rings. The summed E-state index contributed by atoms with van der Waals surface area (Å²) in [4.78, 5) is 0.264. The van der Waals surface area contributed by atoms with Crippen LogP contribution in [0.2, 0.25) is 0 Å². The van der Waals surface area contributed by atoms with Crippen molar-refractivity contribution in [2.45, 2.75) is 4.90 Å². The lowest BCUT2D eigenvalue weighted by molar-refractivity contribution is 0.601. The largest absolute Gasteiger partial charge is 0.280 e. The number of anilines is 1. The number of sulfonamides is 1. The Kier molecular flexibility index (Phi) is 3.16. The monoisotopic (exact) mass is 283 g/mol. The lowest BCUT2D eigenvalue weighted by Crippen LogP contribution is -2.12. The van der Waals surface area contributed by atoms with E-state index in [9.17, 15) is 8.42 Å². The second kappa shape index (κ2) is 4.98. The lowest BCUT2D eigenvalue weighted by atomic mass is 10.1. The number of nitrogens with one attached hydrogen (secondary N) is 1. The minimum absolute atomic E-state index is 0.264. The van der Waals surface area contributed by atoms with Crippen LogP contribution in [0.25, 0.3) is 10.8 Å². The Morgan fingerprint density at radius 1 is 0.700 bits per heavy atom. The van der Waals surface area contributed by atoms with Gasteiger partial charge in [-0.3, -0.25) is 4.72 Å². The fraction of sp³-hybridized carbons (Fsp3) is 0. The first kappa shape index (κ1) is 12.7. The van der Waals surface area contributed by atoms with Gasteiger partial charge in [0.2, 0.25) is 0 Å². The van der Waals surface area contributed by atoms with E-state index in [4.69, 9.17) is 0 Å². The first-order valence-electron chi connectivity index (χ1n) is 6.22. The van der Waals surface area contributed by atoms with E-state index in [2.05, 4.69) is 4.72 Å². The van der Waals surface area contributed by atoms with Gasteiger partial charge in [0.15, 0.2) is 0 Å². The van der Waals surface area contributed by atoms with Crippen LogP contribution in [0.3, 0.4) is 0 Å². The van der Waals surface area contributed by atoms with Crippen molar-refractivity contribution >= 4 is 26.5 Å². The summed E-state index contributed by atoms with van der Waals surface area (Å²) < 4.78 is 27.2. The van der Waals surface area contributed by atoms with Crippen molar-refractivity contribution in [2.75, 3.05) is 4.72 Å². The molecule has 0 unspecified atom stereocenters. The molecule has 0 heterocycles. The van der Waals surface area contributed by atoms with Crippen LogP contribution in [0.5, 0.6) is 0 Å². The molecule has 0 aliphatic rings. The van der Waals surface area contributed by atoms with Gasteiger partial charge in [-0.05, 0) is 35.0 Å². The van der Waals surface area contributed by atoms with Crippen molar-refractivity contribution in [3.63, 3.8) is 0 Å². The van der Waals surface area contributed by atoms with Crippen molar-refractivity contribution < 1.29 is 8.42 Å². The van der Waals surface area contributed by atoms with E-state index in [0.29, 0.717) is 5.69 Å². The molecule has 0 saturated carbocycles. The summed E-state index contributed by atoms with van der Waals surface area (Å²) in [7, 11) is -3.55. The molecule has 0 saturated heterocycles. The van der Waals surface area contributed by atoms with Crippen LogP contribution in [0.15, 0.2) is 77.7 Å². The van der Waals surface area contributed by atoms with Gasteiger partial charge in [0.05, 0.1) is 4.90 Å². The third-order valence-corrected chi connectivity index (χ3v) is 4.44. The lowest BCUT2D eigenvalue weighted by Gasteiger charge is -2.08. The maximum absolute atomic E-state index is 12.3. The Morgan fingerprint density at radius 3 is 2.10 bits per heavy atom. The Morgan fingerprint density at radius 2 is 1.35 bits per heavy atom. The minimum Gasteiger partial charge on any atom is -0.280 e. The van der Waals surface area contributed by atoms with Crippen molar-refractivity contribution in [1.82, 2.24) is 0 Å². The minimum atomic E-state index is -3.55. The van der Waals surface area contributed by atoms with E-state index >= 15 is 0 Å². The number of fused-ring (bicyclic) bond motifs is 1. The maximum Gasteiger partial charge on any atom is 0.261 e. The summed E-state index contributed by atoms with van der Waals surface area (Å²) in [5, 5.41) is 1.93. The van der Waals surface area contributed by atoms with Gasteiger partial charge < -0.3 is 0 Å². The van der Waals surface area contributed by atoms with E-state index in [1.165, 1.54) is 0 Å². The molecule has 3 rings (SSSR count). The van der Waals surface area contributed by atoms with Crippen LogP contribution >= 0.6 is 0 Å². The molecule has 100 valence electrons. The highest BCUT2D eigenvalue weighted by atomic mass is 32.2. The smallest absolute Gasteiger partial charge is 0.261 e. The van der Waals surface area contributed by atoms with E-state index < -0.39 is 10.0 Å². The summed E-state index contributed by atoms with van der Waals surface area (Å²) in [5.74, 6) is 0. The molecule has 0 aromatic heterocycles. The second-order valence-electron chi connectivity index (χ2n) is 4.48. The molecule has 20 heavy (non-hydrogen) atoms. The average molecular weight is 283 g/mol. The van der Waals surface area contributed by atoms with Crippen molar-refractivity contribution in [2.24, 2.45) is 0 Å². The molecule has 0 spiro atoms. The van der Waals surface area contributed by atoms with Gasteiger partial charge in [-0.1, -0.05) is 48.5 Å². The second-order valence-corrected chi connectivity index (χ2v) is 6.16. The molecule has 3 aromatic rings. The molecule has 3 nitrogen and oxygen atoms in total. The number of rotatable bonds is 3. The van der Waals surface area contributed by atoms with Crippen molar-refractivity contribution in [3.8, 4) is 0 Å². The standard InChI is InChI=1S/C16H13NO2S/c18-20(19,17-15-8-2-1-3-9-15)16-11-10-13-6-4-5-7-14(13)12-16/h1-12,17H. The molecule has 0 aliphatic heterocycles. The Balaban J connectivity index is 2.01. The zero-order valence-corrected chi connectivity index (χ0v) is 11.5. The van der Waals surface area contributed by atoms with E-state index in [-0.39, 0.29) is 4.90 Å². The summed E-state index contributed by atoms with van der Waals surface area (Å²) in [5.41, 5.74) is 0.556. The molecule has 0 aliphatic carbocycles. The molecular weight excluding hydrogens is 270 g/mol. The fourth-order valence-electron chi connectivity index (χ4n) is 2.05. The third kappa shape index (κ3) is 2.51. The average Bonchev–Trinajstić information content (AvgIpc) is 2.47. The Bertz CT molecular complexity index is 842. The van der Waals surface area contributed by atoms with Crippen LogP contribution < -0.4 is 4.72 Å². The molecule has 0 bridgehead atoms. The fourth-order valence-corrected chi connectivity index (χ4v) is 3.15. The molecule has 3 aromatic carbocycles. The van der Waals surface area contributed by atoms with Gasteiger partial charge in [-0.2, -0.15) is 0 Å². The van der Waals surface area contributed by atoms with Gasteiger partial charge in [0.25, 0.3) is 10.0 Å². The van der Waals surface area contributed by atoms with Gasteiger partial charge in [0, 0.05) is 5.69 Å². The van der Waals surface area contributed by atoms with Crippen LogP contribution in [-0.4, -0.2) is 8.42 Å². The van der Waals surface area contributed by atoms with Gasteiger partial charge >= 0.3 is 0 Å². The topological polar surface area (TPSA) is 46.2 Å². The molecule has 4 heteroatoms. The zero-order valence-electron chi connectivity index (χ0n) is 10.7. The first-order chi connectivity index (χ1) is 9.65. The molecule has 0 radical (unpaired) electrons. The number of hydrogen-bond donors (Lipinski definition) is 1. The number of hydrogen-bond acceptors (Lipinski definition) is 2. The predicted octanol–water partition coefficient (Wildman–Crippen LogP) is 3.64. The third-order valence-electron chi connectivity index (χ3n) is 3.06. The summed E-state index contributed by atoms with van der Waals surface area (Å²) >= 11 is 0. The van der Waals surface area contributed by atoms with Gasteiger partial charge in [-0.25, -0.2) is 8.42 Å². The van der Waals surface area contributed by atoms with Gasteiger partial charge in [-0.15, -0.1) is 0 Å². The van der Waals surface area contributed by atoms with E-state index in [0.717, 1.165) is 10.8 Å². The summed E-state index contributed by atoms with van der Waals surface area (Å²) in [6, 6.07) is 21.7. The highest BCUT2D eigenvalue weighted by Gasteiger charge is 2.14. The molecule has 0 amide bonds. The van der Waals surface area contributed by atoms with Crippen LogP contribution in [0.4, 0.5) is 5.69 Å². The van der Waals surface area contributed by atoms with Crippen molar-refractivity contribution in [3.05, 3.63) is 72.8 Å². The Hall–Kier alpha value is -2.33. The van der Waals surface area contributed by atoms with E-state index in [1.54, 1.807) is 36.4 Å². The molecule has 0 atom stereocenters. The maximum atomic E-state index is 12.3. The number of para-hydroxylation sites is 1. The predicted molar refractivity (Wildman–Crippen MR) is 81.2 cm³/mol. The summed E-state index contributed by atoms with van der Waals surface area (Å²) in [6.07, 6.45) is 0. The molecular formula is C16H13NO2S. The van der Waals surface area contributed by atoms with E-state index in [1.807, 2.05) is 36.4 Å². The number of benzene rings is 3. The highest BCUT2D eigenvalue weighted by Crippen LogP contribution is 2.21. The normalized spacial score (nSPS) is 11.4. The van der Waals surface area contributed by atoms with Gasteiger partial charge in [0.1, 0.15) is 0 Å². The SMILES string of the molecule is O=S(=O)(Nc1ccccc1)c1ccc2ccccc2c1. The van der Waals surface area contributed by atoms with Crippen molar-refractivity contribution in [1.29, 1.82) is 0 Å². The molecule has 1 N–H and O–H groups in total. The quantitative estimate of drug-likeness (QED) is 0.797. The van der Waals surface area contributed by atoms with Crippen LogP contribution in [0.1, 0.15) is 0 Å². The van der Waals surface area contributed by atoms with Crippen LogP contribution in [-0.2, 0) is 10.0 Å². The zero-order chi connectivity index (χ0) is 14.0. The Labute approximate surface area is 117 Å². The van der Waals surface area contributed by atoms with Crippen LogP contribution in [0, 0.1) is 0 Å². The first-order valence-corrected chi connectivity index (χ1v) is 7.70. The summed E-state index contributed by atoms with van der Waals surface area (Å²) in [6.45, 7) is 0. The highest BCUT2D eigenvalue weighted by molar-refractivity contribution is 7.92.